The lowest BCUT2D eigenvalue weighted by atomic mass is 10.0. The Hall–Kier alpha value is -3.33. The molecule has 0 N–H and O–H groups in total. The average Bonchev–Trinajstić information content (AvgIpc) is 1.56. The van der Waals surface area contributed by atoms with Crippen LogP contribution in [0.25, 0.3) is 0 Å². The minimum Gasteiger partial charge on any atom is -0.756 e. The van der Waals surface area contributed by atoms with Crippen molar-refractivity contribution in [1.82, 2.24) is 0 Å². The summed E-state index contributed by atoms with van der Waals surface area (Å²) in [5.74, 6) is -0.819. The SMILES string of the molecule is CC/C=C\C/C=C\C/C=C\C/C=C\C/C=C\C/C=C\CCCCCCCCCCCCCCCCCCCCC(=O)OC(COC(=O)CCCCCCCCCCCCCCCCCCCC/C=C\C/C=C\C/C=C\CCCCCCC)COP(=O)([O-])OCC[N+](C)(C)C. The smallest absolute Gasteiger partial charge is 0.306 e. The van der Waals surface area contributed by atoms with Gasteiger partial charge in [-0.2, -0.15) is 0 Å². The second kappa shape index (κ2) is 73.9. The second-order valence-electron chi connectivity index (χ2n) is 27.7. The number of phosphoric acid groups is 1. The van der Waals surface area contributed by atoms with Crippen LogP contribution in [0.2, 0.25) is 0 Å². The maximum Gasteiger partial charge on any atom is 0.306 e. The molecule has 0 rings (SSSR count). The maximum absolute atomic E-state index is 12.9. The number of likely N-dealkylation sites (N-methyl/N-ethyl adjacent to an activating group) is 1. The molecule has 0 fully saturated rings. The molecule has 0 saturated carbocycles. The first-order valence-electron chi connectivity index (χ1n) is 39.6. The van der Waals surface area contributed by atoms with E-state index in [-0.39, 0.29) is 32.0 Å². The van der Waals surface area contributed by atoms with E-state index in [2.05, 4.69) is 123 Å². The van der Waals surface area contributed by atoms with E-state index in [9.17, 15) is 19.0 Å². The summed E-state index contributed by atoms with van der Waals surface area (Å²) in [4.78, 5) is 38.2. The molecule has 0 aliphatic carbocycles. The van der Waals surface area contributed by atoms with Crippen molar-refractivity contribution in [2.45, 2.75) is 367 Å². The highest BCUT2D eigenvalue weighted by Crippen LogP contribution is 2.38. The van der Waals surface area contributed by atoms with Gasteiger partial charge in [-0.3, -0.25) is 14.2 Å². The fourth-order valence-electron chi connectivity index (χ4n) is 11.3. The van der Waals surface area contributed by atoms with E-state index in [1.807, 2.05) is 21.1 Å². The molecule has 9 nitrogen and oxygen atoms in total. The van der Waals surface area contributed by atoms with Crippen molar-refractivity contribution in [3.63, 3.8) is 0 Å². The summed E-state index contributed by atoms with van der Waals surface area (Å²) in [6.45, 7) is 4.16. The lowest BCUT2D eigenvalue weighted by Gasteiger charge is -2.28. The molecule has 0 aromatic heterocycles. The molecule has 0 saturated heterocycles. The van der Waals surface area contributed by atoms with Gasteiger partial charge in [0, 0.05) is 12.8 Å². The van der Waals surface area contributed by atoms with Gasteiger partial charge in [0.25, 0.3) is 7.82 Å². The molecule has 0 radical (unpaired) electrons. The van der Waals surface area contributed by atoms with E-state index >= 15 is 0 Å². The minimum atomic E-state index is -4.65. The fourth-order valence-corrected chi connectivity index (χ4v) is 12.0. The number of unbranched alkanes of at least 4 members (excludes halogenated alkanes) is 41. The average molecular weight is 1330 g/mol. The van der Waals surface area contributed by atoms with Gasteiger partial charge in [0.15, 0.2) is 6.10 Å². The highest BCUT2D eigenvalue weighted by atomic mass is 31.2. The summed E-state index contributed by atoms with van der Waals surface area (Å²) >= 11 is 0. The number of rotatable bonds is 73. The Morgan fingerprint density at radius 1 is 0.340 bits per heavy atom. The van der Waals surface area contributed by atoms with Gasteiger partial charge in [-0.25, -0.2) is 0 Å². The van der Waals surface area contributed by atoms with Gasteiger partial charge in [-0.15, -0.1) is 0 Å². The van der Waals surface area contributed by atoms with Crippen LogP contribution in [0, 0.1) is 0 Å². The number of hydrogen-bond acceptors (Lipinski definition) is 8. The topological polar surface area (TPSA) is 111 Å². The van der Waals surface area contributed by atoms with Crippen LogP contribution in [-0.4, -0.2) is 70.0 Å². The lowest BCUT2D eigenvalue weighted by molar-refractivity contribution is -0.870. The number of ether oxygens (including phenoxy) is 2. The first kappa shape index (κ1) is 90.7. The van der Waals surface area contributed by atoms with E-state index in [0.717, 1.165) is 89.9 Å². The predicted molar refractivity (Wildman–Crippen MR) is 406 cm³/mol. The largest absolute Gasteiger partial charge is 0.756 e. The number of quaternary nitrogens is 1. The number of carbonyl (C=O) groups excluding carboxylic acids is 2. The molecule has 0 spiro atoms. The van der Waals surface area contributed by atoms with Crippen LogP contribution in [0.5, 0.6) is 0 Å². The Balaban J connectivity index is 3.96. The summed E-state index contributed by atoms with van der Waals surface area (Å²) < 4.78 is 34.4. The fraction of sp³-hybridized carbons (Fsp3) is 0.762. The Labute approximate surface area is 582 Å². The van der Waals surface area contributed by atoms with Crippen LogP contribution < -0.4 is 4.89 Å². The summed E-state index contributed by atoms with van der Waals surface area (Å²) in [7, 11) is 1.17. The molecule has 94 heavy (non-hydrogen) atoms. The maximum atomic E-state index is 12.9. The van der Waals surface area contributed by atoms with Gasteiger partial charge in [-0.05, 0) is 103 Å². The molecule has 0 heterocycles. The molecule has 544 valence electrons. The lowest BCUT2D eigenvalue weighted by Crippen LogP contribution is -2.37. The molecule has 0 aliphatic heterocycles. The van der Waals surface area contributed by atoms with Crippen LogP contribution in [0.1, 0.15) is 361 Å². The molecule has 0 bridgehead atoms. The summed E-state index contributed by atoms with van der Waals surface area (Å²) in [6.07, 6.45) is 105. The molecular weight excluding hydrogens is 1180 g/mol. The van der Waals surface area contributed by atoms with Crippen molar-refractivity contribution in [1.29, 1.82) is 0 Å². The number of esters is 2. The summed E-state index contributed by atoms with van der Waals surface area (Å²) in [6, 6.07) is 0. The molecule has 0 amide bonds. The van der Waals surface area contributed by atoms with E-state index in [0.29, 0.717) is 17.4 Å². The Kier molecular flexibility index (Phi) is 71.3. The van der Waals surface area contributed by atoms with Crippen molar-refractivity contribution in [2.75, 3.05) is 47.5 Å². The van der Waals surface area contributed by atoms with Crippen LogP contribution in [-0.2, 0) is 32.7 Å². The van der Waals surface area contributed by atoms with Gasteiger partial charge < -0.3 is 27.9 Å². The zero-order valence-corrected chi connectivity index (χ0v) is 63.0. The number of nitrogens with zero attached hydrogens (tertiary/aromatic N) is 1. The van der Waals surface area contributed by atoms with E-state index in [1.165, 1.54) is 238 Å². The van der Waals surface area contributed by atoms with Gasteiger partial charge in [0.1, 0.15) is 19.8 Å². The van der Waals surface area contributed by atoms with Crippen LogP contribution in [0.3, 0.4) is 0 Å². The molecule has 0 aromatic rings. The van der Waals surface area contributed by atoms with Crippen molar-refractivity contribution in [3.8, 4) is 0 Å². The molecule has 0 aromatic carbocycles. The van der Waals surface area contributed by atoms with Gasteiger partial charge in [0.05, 0.1) is 27.7 Å². The highest BCUT2D eigenvalue weighted by Gasteiger charge is 2.22. The summed E-state index contributed by atoms with van der Waals surface area (Å²) in [5, 5.41) is 0. The normalized spacial score (nSPS) is 13.6. The molecular formula is C84H150NO8P. The standard InChI is InChI=1S/C84H150NO8P/c1-6-8-10-12-14-16-18-20-22-24-26-28-30-32-34-36-38-40-41-42-43-45-47-49-51-53-55-57-59-61-63-65-67-69-71-73-75-77-84(87)93-82(81-92-94(88,89)91-79-78-85(3,4)5)80-90-83(86)76-74-72-70-68-66-64-62-60-58-56-54-52-50-48-46-44-39-37-35-33-31-29-27-25-23-21-19-17-15-13-11-9-7-2/h8,10,14,16,19-22,25-28,31-34,38,40,82H,6-7,9,11-13,15,17-18,23-24,29-30,35-37,39,41-81H2,1-5H3/b10-8-,16-14-,21-19-,22-20-,27-25-,28-26-,33-31-,34-32-,40-38-. The second-order valence-corrected chi connectivity index (χ2v) is 29.1. The number of allylic oxidation sites excluding steroid dienone is 18. The quantitative estimate of drug-likeness (QED) is 0.0195. The molecule has 2 unspecified atom stereocenters. The first-order valence-corrected chi connectivity index (χ1v) is 41.1. The van der Waals surface area contributed by atoms with Crippen LogP contribution in [0.4, 0.5) is 0 Å². The third-order valence-electron chi connectivity index (χ3n) is 17.3. The van der Waals surface area contributed by atoms with Crippen LogP contribution >= 0.6 is 7.82 Å². The third kappa shape index (κ3) is 77.7. The van der Waals surface area contributed by atoms with E-state index in [1.54, 1.807) is 0 Å². The Morgan fingerprint density at radius 2 is 0.606 bits per heavy atom. The Bertz CT molecular complexity index is 1960. The summed E-state index contributed by atoms with van der Waals surface area (Å²) in [5.41, 5.74) is 0. The van der Waals surface area contributed by atoms with Gasteiger partial charge in [-0.1, -0.05) is 354 Å². The molecule has 10 heteroatoms. The zero-order chi connectivity index (χ0) is 68.3. The van der Waals surface area contributed by atoms with Gasteiger partial charge >= 0.3 is 11.9 Å². The van der Waals surface area contributed by atoms with E-state index < -0.39 is 26.5 Å². The molecule has 2 atom stereocenters. The first-order chi connectivity index (χ1) is 46.0. The van der Waals surface area contributed by atoms with E-state index in [4.69, 9.17) is 18.5 Å². The number of hydrogen-bond donors (Lipinski definition) is 0. The van der Waals surface area contributed by atoms with Crippen molar-refractivity contribution in [3.05, 3.63) is 109 Å². The van der Waals surface area contributed by atoms with Crippen LogP contribution in [0.15, 0.2) is 109 Å². The minimum absolute atomic E-state index is 0.0319. The van der Waals surface area contributed by atoms with Crippen molar-refractivity contribution >= 4 is 19.8 Å². The van der Waals surface area contributed by atoms with Crippen molar-refractivity contribution < 1.29 is 42.1 Å². The van der Waals surface area contributed by atoms with Gasteiger partial charge in [0.2, 0.25) is 0 Å². The third-order valence-corrected chi connectivity index (χ3v) is 18.2. The molecule has 0 aliphatic rings. The highest BCUT2D eigenvalue weighted by molar-refractivity contribution is 7.45. The monoisotopic (exact) mass is 1330 g/mol. The zero-order valence-electron chi connectivity index (χ0n) is 62.1. The Morgan fingerprint density at radius 3 is 0.904 bits per heavy atom. The number of phosphoric ester groups is 1. The van der Waals surface area contributed by atoms with Crippen molar-refractivity contribution in [2.24, 2.45) is 0 Å². The predicted octanol–water partition coefficient (Wildman–Crippen LogP) is 25.8. The number of carbonyl (C=O) groups is 2.